The van der Waals surface area contributed by atoms with Crippen LogP contribution in [0.15, 0.2) is 36.8 Å². The van der Waals surface area contributed by atoms with Gasteiger partial charge in [-0.05, 0) is 18.6 Å². The molecule has 0 N–H and O–H groups in total. The zero-order chi connectivity index (χ0) is 13.8. The molecule has 1 saturated heterocycles. The lowest BCUT2D eigenvalue weighted by Crippen LogP contribution is -2.22. The van der Waals surface area contributed by atoms with Crippen LogP contribution < -0.4 is 0 Å². The van der Waals surface area contributed by atoms with Crippen molar-refractivity contribution in [2.75, 3.05) is 20.2 Å². The van der Waals surface area contributed by atoms with Crippen LogP contribution in [0.25, 0.3) is 11.5 Å². The van der Waals surface area contributed by atoms with Crippen LogP contribution in [-0.4, -0.2) is 46.2 Å². The molecule has 2 aromatic heterocycles. The van der Waals surface area contributed by atoms with Crippen LogP contribution in [0.2, 0.25) is 0 Å². The number of aromatic nitrogens is 3. The summed E-state index contributed by atoms with van der Waals surface area (Å²) in [6.07, 6.45) is 6.99. The Labute approximate surface area is 118 Å². The molecule has 0 radical (unpaired) electrons. The van der Waals surface area contributed by atoms with Crippen molar-refractivity contribution in [3.63, 3.8) is 0 Å². The van der Waals surface area contributed by atoms with Gasteiger partial charge in [0.2, 0.25) is 0 Å². The molecule has 104 valence electrons. The summed E-state index contributed by atoms with van der Waals surface area (Å²) >= 11 is 0. The van der Waals surface area contributed by atoms with Gasteiger partial charge in [0.05, 0.1) is 6.10 Å². The fourth-order valence-corrected chi connectivity index (χ4v) is 2.46. The summed E-state index contributed by atoms with van der Waals surface area (Å²) in [7, 11) is 1.78. The smallest absolute Gasteiger partial charge is 0.178 e. The largest absolute Gasteiger partial charge is 0.380 e. The maximum atomic E-state index is 5.37. The Morgan fingerprint density at radius 2 is 2.10 bits per heavy atom. The average molecular weight is 270 g/mol. The molecule has 0 bridgehead atoms. The summed E-state index contributed by atoms with van der Waals surface area (Å²) in [5.74, 6) is 0.672. The van der Waals surface area contributed by atoms with Crippen LogP contribution in [0.1, 0.15) is 12.0 Å². The number of hydrogen-bond acceptors (Lipinski definition) is 5. The van der Waals surface area contributed by atoms with Crippen molar-refractivity contribution < 1.29 is 4.74 Å². The highest BCUT2D eigenvalue weighted by Crippen LogP contribution is 2.16. The van der Waals surface area contributed by atoms with Crippen molar-refractivity contribution in [2.24, 2.45) is 0 Å². The van der Waals surface area contributed by atoms with Gasteiger partial charge in [0.25, 0.3) is 0 Å². The molecule has 0 spiro atoms. The lowest BCUT2D eigenvalue weighted by atomic mass is 10.3. The summed E-state index contributed by atoms with van der Waals surface area (Å²) < 4.78 is 5.37. The summed E-state index contributed by atoms with van der Waals surface area (Å²) in [5, 5.41) is 0. The van der Waals surface area contributed by atoms with Crippen LogP contribution in [-0.2, 0) is 11.3 Å². The van der Waals surface area contributed by atoms with E-state index < -0.39 is 0 Å². The van der Waals surface area contributed by atoms with Gasteiger partial charge in [0, 0.05) is 50.9 Å². The molecule has 3 heterocycles. The first kappa shape index (κ1) is 13.1. The third kappa shape index (κ3) is 3.00. The zero-order valence-electron chi connectivity index (χ0n) is 11.6. The zero-order valence-corrected chi connectivity index (χ0v) is 11.6. The highest BCUT2D eigenvalue weighted by Gasteiger charge is 2.21. The first-order valence-corrected chi connectivity index (χ1v) is 6.82. The normalized spacial score (nSPS) is 19.4. The minimum Gasteiger partial charge on any atom is -0.380 e. The van der Waals surface area contributed by atoms with E-state index >= 15 is 0 Å². The molecule has 0 saturated carbocycles. The van der Waals surface area contributed by atoms with Crippen LogP contribution >= 0.6 is 0 Å². The summed E-state index contributed by atoms with van der Waals surface area (Å²) in [6, 6.07) is 5.74. The minimum absolute atomic E-state index is 0.365. The molecule has 2 aromatic rings. The molecule has 1 aliphatic heterocycles. The van der Waals surface area contributed by atoms with Gasteiger partial charge in [-0.3, -0.25) is 9.88 Å². The minimum atomic E-state index is 0.365. The van der Waals surface area contributed by atoms with Gasteiger partial charge in [0.1, 0.15) is 5.69 Å². The second kappa shape index (κ2) is 6.07. The first-order valence-electron chi connectivity index (χ1n) is 6.82. The summed E-state index contributed by atoms with van der Waals surface area (Å²) in [4.78, 5) is 15.4. The van der Waals surface area contributed by atoms with Gasteiger partial charge < -0.3 is 4.74 Å². The maximum absolute atomic E-state index is 5.37. The van der Waals surface area contributed by atoms with Crippen LogP contribution in [0.3, 0.4) is 0 Å². The Morgan fingerprint density at radius 1 is 1.25 bits per heavy atom. The van der Waals surface area contributed by atoms with E-state index in [1.807, 2.05) is 30.6 Å². The molecule has 1 aliphatic rings. The number of hydrogen-bond donors (Lipinski definition) is 0. The van der Waals surface area contributed by atoms with Crippen LogP contribution in [0.5, 0.6) is 0 Å². The summed E-state index contributed by atoms with van der Waals surface area (Å²) in [6.45, 7) is 2.93. The molecule has 0 unspecified atom stereocenters. The van der Waals surface area contributed by atoms with Crippen LogP contribution in [0, 0.1) is 0 Å². The fourth-order valence-electron chi connectivity index (χ4n) is 2.46. The van der Waals surface area contributed by atoms with E-state index in [-0.39, 0.29) is 0 Å². The van der Waals surface area contributed by atoms with E-state index in [0.29, 0.717) is 11.9 Å². The molecule has 1 atom stereocenters. The SMILES string of the molecule is CO[C@H]1CCN(Cc2cnc(-c3ccccn3)nc2)C1. The lowest BCUT2D eigenvalue weighted by molar-refractivity contribution is 0.107. The first-order chi connectivity index (χ1) is 9.85. The van der Waals surface area contributed by atoms with Gasteiger partial charge in [-0.1, -0.05) is 6.07 Å². The average Bonchev–Trinajstić information content (AvgIpc) is 2.97. The number of nitrogens with zero attached hydrogens (tertiary/aromatic N) is 4. The molecule has 1 fully saturated rings. The third-order valence-electron chi connectivity index (χ3n) is 3.57. The van der Waals surface area contributed by atoms with Crippen molar-refractivity contribution in [2.45, 2.75) is 19.1 Å². The predicted molar refractivity (Wildman–Crippen MR) is 76.0 cm³/mol. The Hall–Kier alpha value is -1.85. The molecule has 5 heteroatoms. The van der Waals surface area contributed by atoms with Crippen LogP contribution in [0.4, 0.5) is 0 Å². The Bertz CT molecular complexity index is 544. The topological polar surface area (TPSA) is 51.1 Å². The number of methoxy groups -OCH3 is 1. The van der Waals surface area contributed by atoms with E-state index in [2.05, 4.69) is 19.9 Å². The fraction of sp³-hybridized carbons (Fsp3) is 0.400. The van der Waals surface area contributed by atoms with E-state index in [0.717, 1.165) is 37.3 Å². The maximum Gasteiger partial charge on any atom is 0.178 e. The van der Waals surface area contributed by atoms with E-state index in [9.17, 15) is 0 Å². The molecule has 0 amide bonds. The van der Waals surface area contributed by atoms with Gasteiger partial charge in [-0.2, -0.15) is 0 Å². The Morgan fingerprint density at radius 3 is 2.75 bits per heavy atom. The second-order valence-electron chi connectivity index (χ2n) is 5.01. The number of pyridine rings is 1. The van der Waals surface area contributed by atoms with Gasteiger partial charge in [-0.25, -0.2) is 9.97 Å². The van der Waals surface area contributed by atoms with E-state index in [1.54, 1.807) is 13.3 Å². The predicted octanol–water partition coefficient (Wildman–Crippen LogP) is 1.76. The summed E-state index contributed by atoms with van der Waals surface area (Å²) in [5.41, 5.74) is 1.93. The van der Waals surface area contributed by atoms with E-state index in [1.165, 1.54) is 0 Å². The quantitative estimate of drug-likeness (QED) is 0.847. The highest BCUT2D eigenvalue weighted by molar-refractivity contribution is 5.47. The second-order valence-corrected chi connectivity index (χ2v) is 5.01. The van der Waals surface area contributed by atoms with Crippen molar-refractivity contribution in [1.82, 2.24) is 19.9 Å². The molecule has 5 nitrogen and oxygen atoms in total. The molecule has 0 aromatic carbocycles. The standard InChI is InChI=1S/C15H18N4O/c1-20-13-5-7-19(11-13)10-12-8-17-15(18-9-12)14-4-2-3-6-16-14/h2-4,6,8-9,13H,5,7,10-11H2,1H3/t13-/m0/s1. The third-order valence-corrected chi connectivity index (χ3v) is 3.57. The van der Waals surface area contributed by atoms with Crippen molar-refractivity contribution in [3.8, 4) is 11.5 Å². The Kier molecular flexibility index (Phi) is 3.99. The van der Waals surface area contributed by atoms with Gasteiger partial charge in [-0.15, -0.1) is 0 Å². The molecular weight excluding hydrogens is 252 g/mol. The van der Waals surface area contributed by atoms with E-state index in [4.69, 9.17) is 4.74 Å². The Balaban J connectivity index is 1.65. The number of likely N-dealkylation sites (tertiary alicyclic amines) is 1. The number of ether oxygens (including phenoxy) is 1. The monoisotopic (exact) mass is 270 g/mol. The molecule has 3 rings (SSSR count). The molecule has 0 aliphatic carbocycles. The molecular formula is C15H18N4O. The highest BCUT2D eigenvalue weighted by atomic mass is 16.5. The van der Waals surface area contributed by atoms with Crippen molar-refractivity contribution >= 4 is 0 Å². The lowest BCUT2D eigenvalue weighted by Gasteiger charge is -2.15. The van der Waals surface area contributed by atoms with Crippen molar-refractivity contribution in [3.05, 3.63) is 42.4 Å². The van der Waals surface area contributed by atoms with Gasteiger partial charge >= 0.3 is 0 Å². The van der Waals surface area contributed by atoms with Gasteiger partial charge in [0.15, 0.2) is 5.82 Å². The number of rotatable bonds is 4. The van der Waals surface area contributed by atoms with Crippen molar-refractivity contribution in [1.29, 1.82) is 0 Å². The molecule has 20 heavy (non-hydrogen) atoms.